The number of aromatic carboxylic acids is 1. The van der Waals surface area contributed by atoms with Gasteiger partial charge in [0.1, 0.15) is 0 Å². The number of carboxylic acid groups (broad SMARTS) is 1. The van der Waals surface area contributed by atoms with Gasteiger partial charge in [-0.1, -0.05) is 79.2 Å². The van der Waals surface area contributed by atoms with E-state index in [1.807, 2.05) is 72.8 Å². The molecule has 0 aliphatic rings. The Bertz CT molecular complexity index is 1270. The van der Waals surface area contributed by atoms with E-state index in [-0.39, 0.29) is 5.91 Å². The lowest BCUT2D eigenvalue weighted by atomic mass is 9.99. The number of hydrogen-bond donors (Lipinski definition) is 2. The van der Waals surface area contributed by atoms with Crippen LogP contribution < -0.4 is 5.32 Å². The summed E-state index contributed by atoms with van der Waals surface area (Å²) in [6, 6.07) is 28.8. The van der Waals surface area contributed by atoms with Crippen molar-refractivity contribution in [3.05, 3.63) is 113 Å². The molecule has 0 atom stereocenters. The minimum absolute atomic E-state index is 0.107. The number of carbonyl (C=O) groups excluding carboxylic acids is 1. The molecule has 4 nitrogen and oxygen atoms in total. The van der Waals surface area contributed by atoms with Gasteiger partial charge in [-0.15, -0.1) is 0 Å². The van der Waals surface area contributed by atoms with Crippen molar-refractivity contribution in [2.24, 2.45) is 0 Å². The summed E-state index contributed by atoms with van der Waals surface area (Å²) in [4.78, 5) is 24.4. The van der Waals surface area contributed by atoms with Crippen LogP contribution in [0.2, 0.25) is 0 Å². The Morgan fingerprint density at radius 3 is 2.06 bits per heavy atom. The minimum atomic E-state index is -0.874. The molecule has 0 spiro atoms. The predicted octanol–water partition coefficient (Wildman–Crippen LogP) is 6.75. The van der Waals surface area contributed by atoms with E-state index in [1.165, 1.54) is 0 Å². The van der Waals surface area contributed by atoms with E-state index in [0.29, 0.717) is 11.1 Å². The van der Waals surface area contributed by atoms with Crippen molar-refractivity contribution in [1.29, 1.82) is 0 Å². The third-order valence-electron chi connectivity index (χ3n) is 5.94. The Labute approximate surface area is 193 Å². The first-order chi connectivity index (χ1) is 16.1. The Morgan fingerprint density at radius 1 is 0.636 bits per heavy atom. The van der Waals surface area contributed by atoms with Gasteiger partial charge >= 0.3 is 5.97 Å². The van der Waals surface area contributed by atoms with Gasteiger partial charge in [-0.25, -0.2) is 4.79 Å². The van der Waals surface area contributed by atoms with Crippen molar-refractivity contribution in [2.75, 3.05) is 5.32 Å². The predicted molar refractivity (Wildman–Crippen MR) is 133 cm³/mol. The van der Waals surface area contributed by atoms with Crippen molar-refractivity contribution in [2.45, 2.75) is 32.1 Å². The minimum Gasteiger partial charge on any atom is -0.478 e. The molecule has 0 aliphatic heterocycles. The number of unbranched alkanes of at least 4 members (excludes halogenated alkanes) is 2. The van der Waals surface area contributed by atoms with E-state index >= 15 is 0 Å². The molecular weight excluding hydrogens is 410 g/mol. The number of carbonyl (C=O) groups is 2. The molecule has 4 rings (SSSR count). The van der Waals surface area contributed by atoms with Gasteiger partial charge < -0.3 is 10.4 Å². The van der Waals surface area contributed by atoms with Crippen LogP contribution in [0.4, 0.5) is 5.69 Å². The molecule has 4 aromatic carbocycles. The second-order valence-corrected chi connectivity index (χ2v) is 8.16. The van der Waals surface area contributed by atoms with Crippen LogP contribution in [0.15, 0.2) is 91.0 Å². The van der Waals surface area contributed by atoms with Crippen LogP contribution in [0.25, 0.3) is 10.8 Å². The zero-order valence-electron chi connectivity index (χ0n) is 18.5. The van der Waals surface area contributed by atoms with E-state index in [2.05, 4.69) is 11.4 Å². The molecule has 0 bridgehead atoms. The molecule has 0 heterocycles. The second kappa shape index (κ2) is 10.6. The topological polar surface area (TPSA) is 66.4 Å². The average molecular weight is 438 g/mol. The largest absolute Gasteiger partial charge is 0.478 e. The van der Waals surface area contributed by atoms with E-state index < -0.39 is 5.97 Å². The second-order valence-electron chi connectivity index (χ2n) is 8.16. The Hall–Kier alpha value is -3.92. The van der Waals surface area contributed by atoms with Crippen LogP contribution in [-0.4, -0.2) is 17.0 Å². The summed E-state index contributed by atoms with van der Waals surface area (Å²) < 4.78 is 0. The number of hydrogen-bond acceptors (Lipinski definition) is 2. The van der Waals surface area contributed by atoms with E-state index in [9.17, 15) is 14.7 Å². The molecule has 0 unspecified atom stereocenters. The van der Waals surface area contributed by atoms with Crippen LogP contribution in [0, 0.1) is 0 Å². The molecule has 0 saturated heterocycles. The quantitative estimate of drug-likeness (QED) is 0.285. The molecule has 0 aliphatic carbocycles. The van der Waals surface area contributed by atoms with Gasteiger partial charge in [-0.05, 0) is 65.8 Å². The molecule has 2 N–H and O–H groups in total. The maximum absolute atomic E-state index is 13.0. The number of amides is 1. The third-order valence-corrected chi connectivity index (χ3v) is 5.94. The molecule has 4 heteroatoms. The van der Waals surface area contributed by atoms with E-state index in [1.54, 1.807) is 12.1 Å². The normalized spacial score (nSPS) is 10.8. The Kier molecular flexibility index (Phi) is 7.16. The summed E-state index contributed by atoms with van der Waals surface area (Å²) in [7, 11) is 0. The van der Waals surface area contributed by atoms with Crippen molar-refractivity contribution in [1.82, 2.24) is 0 Å². The van der Waals surface area contributed by atoms with Crippen LogP contribution in [0.5, 0.6) is 0 Å². The molecule has 1 amide bonds. The fourth-order valence-electron chi connectivity index (χ4n) is 4.23. The fourth-order valence-corrected chi connectivity index (χ4v) is 4.23. The number of benzene rings is 4. The highest BCUT2D eigenvalue weighted by molar-refractivity contribution is 6.13. The number of para-hydroxylation sites is 1. The number of rotatable bonds is 9. The fraction of sp³-hybridized carbons (Fsp3) is 0.172. The van der Waals surface area contributed by atoms with Crippen molar-refractivity contribution < 1.29 is 14.7 Å². The average Bonchev–Trinajstić information content (AvgIpc) is 2.84. The summed E-state index contributed by atoms with van der Waals surface area (Å²) in [5.74, 6) is -0.981. The number of fused-ring (bicyclic) bond motifs is 1. The standard InChI is InChI=1S/C29H27NO3/c31-28(26-19-10-16-21-12-4-7-17-24(21)26)30-27-20-9-6-15-23(27)14-3-1-2-11-22-13-5-8-18-25(22)29(32)33/h4-10,12-13,15-20H,1-3,11,14H2,(H,30,31)(H,32,33). The van der Waals surface area contributed by atoms with Crippen molar-refractivity contribution >= 4 is 28.3 Å². The van der Waals surface area contributed by atoms with Crippen LogP contribution in [-0.2, 0) is 12.8 Å². The maximum atomic E-state index is 13.0. The molecular formula is C29H27NO3. The zero-order chi connectivity index (χ0) is 23.0. The number of carboxylic acids is 1. The summed E-state index contributed by atoms with van der Waals surface area (Å²) in [6.07, 6.45) is 4.49. The summed E-state index contributed by atoms with van der Waals surface area (Å²) >= 11 is 0. The van der Waals surface area contributed by atoms with Gasteiger partial charge in [-0.2, -0.15) is 0 Å². The Balaban J connectivity index is 1.36. The van der Waals surface area contributed by atoms with E-state index in [4.69, 9.17) is 0 Å². The number of anilines is 1. The lowest BCUT2D eigenvalue weighted by molar-refractivity contribution is 0.0695. The van der Waals surface area contributed by atoms with Crippen LogP contribution >= 0.6 is 0 Å². The lowest BCUT2D eigenvalue weighted by Crippen LogP contribution is -2.13. The first kappa shape index (κ1) is 22.3. The van der Waals surface area contributed by atoms with Crippen molar-refractivity contribution in [3.63, 3.8) is 0 Å². The van der Waals surface area contributed by atoms with Crippen LogP contribution in [0.3, 0.4) is 0 Å². The smallest absolute Gasteiger partial charge is 0.335 e. The summed E-state index contributed by atoms with van der Waals surface area (Å²) in [6.45, 7) is 0. The molecule has 0 radical (unpaired) electrons. The van der Waals surface area contributed by atoms with E-state index in [0.717, 1.165) is 59.7 Å². The molecule has 33 heavy (non-hydrogen) atoms. The van der Waals surface area contributed by atoms with Gasteiger partial charge in [0, 0.05) is 11.3 Å². The molecule has 0 fully saturated rings. The van der Waals surface area contributed by atoms with Gasteiger partial charge in [0.2, 0.25) is 0 Å². The highest BCUT2D eigenvalue weighted by Crippen LogP contribution is 2.23. The third kappa shape index (κ3) is 5.47. The van der Waals surface area contributed by atoms with Gasteiger partial charge in [0.05, 0.1) is 5.56 Å². The molecule has 4 aromatic rings. The monoisotopic (exact) mass is 437 g/mol. The van der Waals surface area contributed by atoms with Crippen molar-refractivity contribution in [3.8, 4) is 0 Å². The molecule has 0 aromatic heterocycles. The molecule has 0 saturated carbocycles. The van der Waals surface area contributed by atoms with Gasteiger partial charge in [-0.3, -0.25) is 4.79 Å². The highest BCUT2D eigenvalue weighted by atomic mass is 16.4. The van der Waals surface area contributed by atoms with Gasteiger partial charge in [0.25, 0.3) is 5.91 Å². The zero-order valence-corrected chi connectivity index (χ0v) is 18.5. The Morgan fingerprint density at radius 2 is 1.24 bits per heavy atom. The first-order valence-corrected chi connectivity index (χ1v) is 11.3. The SMILES string of the molecule is O=C(O)c1ccccc1CCCCCc1ccccc1NC(=O)c1cccc2ccccc12. The summed E-state index contributed by atoms with van der Waals surface area (Å²) in [5, 5.41) is 14.4. The highest BCUT2D eigenvalue weighted by Gasteiger charge is 2.12. The number of nitrogens with one attached hydrogen (secondary N) is 1. The maximum Gasteiger partial charge on any atom is 0.335 e. The van der Waals surface area contributed by atoms with Gasteiger partial charge in [0.15, 0.2) is 0 Å². The summed E-state index contributed by atoms with van der Waals surface area (Å²) in [5.41, 5.74) is 3.88. The number of aryl methyl sites for hydroxylation is 2. The molecule has 166 valence electrons. The first-order valence-electron chi connectivity index (χ1n) is 11.3. The van der Waals surface area contributed by atoms with Crippen LogP contribution in [0.1, 0.15) is 51.1 Å². The lowest BCUT2D eigenvalue weighted by Gasteiger charge is -2.12.